The van der Waals surface area contributed by atoms with Crippen molar-refractivity contribution in [2.75, 3.05) is 0 Å². The van der Waals surface area contributed by atoms with Crippen LogP contribution in [0.15, 0.2) is 67.2 Å². The van der Waals surface area contributed by atoms with Gasteiger partial charge in [0.15, 0.2) is 0 Å². The van der Waals surface area contributed by atoms with E-state index in [1.165, 1.54) is 39.6 Å². The van der Waals surface area contributed by atoms with E-state index in [0.29, 0.717) is 12.0 Å². The third-order valence-corrected chi connectivity index (χ3v) is 6.95. The first-order chi connectivity index (χ1) is 16.4. The molecule has 0 heterocycles. The van der Waals surface area contributed by atoms with Crippen LogP contribution in [0.1, 0.15) is 67.0 Å². The summed E-state index contributed by atoms with van der Waals surface area (Å²) in [5, 5.41) is 11.3. The van der Waals surface area contributed by atoms with Crippen LogP contribution in [0.25, 0.3) is 16.8 Å². The van der Waals surface area contributed by atoms with Crippen molar-refractivity contribution < 1.29 is 0 Å². The molecule has 3 rings (SSSR count). The highest BCUT2D eigenvalue weighted by atomic mass is 14.9. The molecule has 0 aliphatic rings. The standard InChI is InChI=1S/C32H40N2/c1-7-11-27-16-17-28(20-31(27)30-13-10-9-12-22(30)3)25(6)34-32(8-2)24(5)19-26-14-15-29(21-33)23(4)18-26/h9-10,12-18,20-21,24,32-34H,6-8,11,19H2,1-5H3. The SMILES string of the molecule is C=C(NC(CC)C(C)Cc1ccc(C=N)c(C)c1)c1ccc(CCC)c(-c2ccccc2C)c1. The highest BCUT2D eigenvalue weighted by Crippen LogP contribution is 2.31. The molecule has 2 N–H and O–H groups in total. The maximum Gasteiger partial charge on any atom is 0.0343 e. The van der Waals surface area contributed by atoms with E-state index in [1.54, 1.807) is 0 Å². The van der Waals surface area contributed by atoms with Gasteiger partial charge in [0, 0.05) is 18.0 Å². The van der Waals surface area contributed by atoms with Crippen LogP contribution in [0.2, 0.25) is 0 Å². The van der Waals surface area contributed by atoms with Crippen LogP contribution in [0.3, 0.4) is 0 Å². The molecule has 3 aromatic carbocycles. The molecule has 0 aliphatic carbocycles. The second kappa shape index (κ2) is 11.8. The Morgan fingerprint density at radius 1 is 0.971 bits per heavy atom. The molecule has 0 saturated carbocycles. The molecule has 2 nitrogen and oxygen atoms in total. The van der Waals surface area contributed by atoms with Crippen molar-refractivity contribution in [3.05, 3.63) is 101 Å². The summed E-state index contributed by atoms with van der Waals surface area (Å²) >= 11 is 0. The third kappa shape index (κ3) is 6.05. The number of benzene rings is 3. The molecule has 0 amide bonds. The van der Waals surface area contributed by atoms with Crippen LogP contribution in [-0.4, -0.2) is 12.3 Å². The van der Waals surface area contributed by atoms with Crippen LogP contribution >= 0.6 is 0 Å². The van der Waals surface area contributed by atoms with E-state index in [0.717, 1.165) is 42.5 Å². The van der Waals surface area contributed by atoms with Crippen molar-refractivity contribution in [2.24, 2.45) is 5.92 Å². The van der Waals surface area contributed by atoms with Crippen molar-refractivity contribution in [1.29, 1.82) is 5.41 Å². The lowest BCUT2D eigenvalue weighted by Crippen LogP contribution is -2.34. The van der Waals surface area contributed by atoms with Gasteiger partial charge in [-0.2, -0.15) is 0 Å². The van der Waals surface area contributed by atoms with Crippen molar-refractivity contribution >= 4 is 11.9 Å². The number of rotatable bonds is 11. The fourth-order valence-corrected chi connectivity index (χ4v) is 4.87. The van der Waals surface area contributed by atoms with E-state index in [1.807, 2.05) is 0 Å². The van der Waals surface area contributed by atoms with Crippen LogP contribution in [0, 0.1) is 25.2 Å². The van der Waals surface area contributed by atoms with Crippen LogP contribution in [0.5, 0.6) is 0 Å². The largest absolute Gasteiger partial charge is 0.382 e. The number of hydrogen-bond donors (Lipinski definition) is 2. The molecule has 0 aliphatic heterocycles. The highest BCUT2D eigenvalue weighted by molar-refractivity contribution is 5.79. The average Bonchev–Trinajstić information content (AvgIpc) is 2.83. The van der Waals surface area contributed by atoms with Gasteiger partial charge < -0.3 is 10.7 Å². The normalized spacial score (nSPS) is 12.7. The van der Waals surface area contributed by atoms with E-state index in [-0.39, 0.29) is 0 Å². The highest BCUT2D eigenvalue weighted by Gasteiger charge is 2.18. The third-order valence-electron chi connectivity index (χ3n) is 6.95. The zero-order valence-electron chi connectivity index (χ0n) is 21.5. The lowest BCUT2D eigenvalue weighted by Gasteiger charge is -2.27. The maximum absolute atomic E-state index is 7.53. The summed E-state index contributed by atoms with van der Waals surface area (Å²) in [5.74, 6) is 0.460. The van der Waals surface area contributed by atoms with E-state index >= 15 is 0 Å². The van der Waals surface area contributed by atoms with Crippen molar-refractivity contribution in [2.45, 2.75) is 66.3 Å². The number of aryl methyl sites for hydroxylation is 3. The summed E-state index contributed by atoms with van der Waals surface area (Å²) in [7, 11) is 0. The summed E-state index contributed by atoms with van der Waals surface area (Å²) in [6.45, 7) is 15.5. The van der Waals surface area contributed by atoms with Gasteiger partial charge in [0.2, 0.25) is 0 Å². The Morgan fingerprint density at radius 2 is 1.74 bits per heavy atom. The second-order valence-corrected chi connectivity index (χ2v) is 9.59. The summed E-state index contributed by atoms with van der Waals surface area (Å²) in [6.07, 6.45) is 5.68. The molecule has 0 bridgehead atoms. The minimum atomic E-state index is 0.340. The average molecular weight is 453 g/mol. The molecule has 2 heteroatoms. The summed E-state index contributed by atoms with van der Waals surface area (Å²) < 4.78 is 0. The molecule has 0 fully saturated rings. The van der Waals surface area contributed by atoms with Gasteiger partial charge >= 0.3 is 0 Å². The Hall–Kier alpha value is -3.13. The first kappa shape index (κ1) is 25.5. The van der Waals surface area contributed by atoms with Gasteiger partial charge in [-0.15, -0.1) is 0 Å². The number of hydrogen-bond acceptors (Lipinski definition) is 2. The maximum atomic E-state index is 7.53. The Bertz CT molecular complexity index is 1140. The van der Waals surface area contributed by atoms with Crippen LogP contribution in [0.4, 0.5) is 0 Å². The van der Waals surface area contributed by atoms with Crippen LogP contribution < -0.4 is 5.32 Å². The van der Waals surface area contributed by atoms with Gasteiger partial charge in [-0.1, -0.05) is 88.4 Å². The Kier molecular flexibility index (Phi) is 8.87. The zero-order valence-corrected chi connectivity index (χ0v) is 21.5. The zero-order chi connectivity index (χ0) is 24.7. The van der Waals surface area contributed by atoms with Crippen molar-refractivity contribution in [1.82, 2.24) is 5.32 Å². The predicted octanol–water partition coefficient (Wildman–Crippen LogP) is 8.14. The minimum absolute atomic E-state index is 0.340. The summed E-state index contributed by atoms with van der Waals surface area (Å²) in [6, 6.07) is 22.3. The molecule has 0 saturated heterocycles. The van der Waals surface area contributed by atoms with Gasteiger partial charge in [0.25, 0.3) is 0 Å². The van der Waals surface area contributed by atoms with E-state index in [4.69, 9.17) is 5.41 Å². The molecule has 0 radical (unpaired) electrons. The predicted molar refractivity (Wildman–Crippen MR) is 149 cm³/mol. The summed E-state index contributed by atoms with van der Waals surface area (Å²) in [5.41, 5.74) is 11.0. The Balaban J connectivity index is 1.80. The van der Waals surface area contributed by atoms with Gasteiger partial charge in [0.05, 0.1) is 0 Å². The van der Waals surface area contributed by atoms with Gasteiger partial charge in [-0.05, 0) is 89.6 Å². The Labute approximate surface area is 206 Å². The fourth-order valence-electron chi connectivity index (χ4n) is 4.87. The molecule has 2 atom stereocenters. The fraction of sp³-hybridized carbons (Fsp3) is 0.344. The monoisotopic (exact) mass is 452 g/mol. The molecule has 0 aromatic heterocycles. The van der Waals surface area contributed by atoms with Gasteiger partial charge in [-0.25, -0.2) is 0 Å². The topological polar surface area (TPSA) is 35.9 Å². The lowest BCUT2D eigenvalue weighted by atomic mass is 9.89. The molecular formula is C32H40N2. The quantitative estimate of drug-likeness (QED) is 0.283. The molecular weight excluding hydrogens is 412 g/mol. The van der Waals surface area contributed by atoms with Crippen LogP contribution in [-0.2, 0) is 12.8 Å². The number of nitrogens with one attached hydrogen (secondary N) is 2. The van der Waals surface area contributed by atoms with Gasteiger partial charge in [-0.3, -0.25) is 0 Å². The van der Waals surface area contributed by atoms with Crippen molar-refractivity contribution in [3.63, 3.8) is 0 Å². The van der Waals surface area contributed by atoms with Gasteiger partial charge in [0.1, 0.15) is 0 Å². The van der Waals surface area contributed by atoms with E-state index in [9.17, 15) is 0 Å². The minimum Gasteiger partial charge on any atom is -0.382 e. The second-order valence-electron chi connectivity index (χ2n) is 9.59. The lowest BCUT2D eigenvalue weighted by molar-refractivity contribution is 0.404. The first-order valence-electron chi connectivity index (χ1n) is 12.6. The Morgan fingerprint density at radius 3 is 2.38 bits per heavy atom. The molecule has 0 spiro atoms. The molecule has 34 heavy (non-hydrogen) atoms. The molecule has 178 valence electrons. The van der Waals surface area contributed by atoms with E-state index < -0.39 is 0 Å². The summed E-state index contributed by atoms with van der Waals surface area (Å²) in [4.78, 5) is 0. The van der Waals surface area contributed by atoms with E-state index in [2.05, 4.69) is 107 Å². The smallest absolute Gasteiger partial charge is 0.0343 e. The van der Waals surface area contributed by atoms with Crippen molar-refractivity contribution in [3.8, 4) is 11.1 Å². The molecule has 3 aromatic rings. The first-order valence-corrected chi connectivity index (χ1v) is 12.6. The molecule has 2 unspecified atom stereocenters.